The highest BCUT2D eigenvalue weighted by Crippen LogP contribution is 2.51. The van der Waals surface area contributed by atoms with E-state index in [9.17, 15) is 0 Å². The predicted molar refractivity (Wildman–Crippen MR) is 104 cm³/mol. The Balaban J connectivity index is 1.75. The van der Waals surface area contributed by atoms with Gasteiger partial charge in [0.1, 0.15) is 5.75 Å². The molecule has 1 fully saturated rings. The fourth-order valence-electron chi connectivity index (χ4n) is 4.99. The second-order valence-corrected chi connectivity index (χ2v) is 7.79. The molecule has 1 aromatic carbocycles. The molecule has 2 aliphatic heterocycles. The maximum atomic E-state index is 6.77. The third-order valence-electron chi connectivity index (χ3n) is 6.31. The normalized spacial score (nSPS) is 28.7. The largest absolute Gasteiger partial charge is 0.496 e. The first-order valence-electron chi connectivity index (χ1n) is 9.80. The first-order valence-corrected chi connectivity index (χ1v) is 9.80. The molecule has 27 heavy (non-hydrogen) atoms. The monoisotopic (exact) mass is 366 g/mol. The first-order chi connectivity index (χ1) is 13.2. The number of pyridine rings is 1. The van der Waals surface area contributed by atoms with Crippen molar-refractivity contribution in [1.29, 1.82) is 0 Å². The van der Waals surface area contributed by atoms with Crippen molar-refractivity contribution >= 4 is 5.69 Å². The fraction of sp³-hybridized carbons (Fsp3) is 0.476. The van der Waals surface area contributed by atoms with Crippen LogP contribution in [0.4, 0.5) is 5.69 Å². The number of hydrogen-bond donors (Lipinski definition) is 3. The Morgan fingerprint density at radius 1 is 1.19 bits per heavy atom. The van der Waals surface area contributed by atoms with Gasteiger partial charge in [0.05, 0.1) is 7.11 Å². The third-order valence-corrected chi connectivity index (χ3v) is 6.31. The Bertz CT molecular complexity index is 885. The lowest BCUT2D eigenvalue weighted by Gasteiger charge is -2.38. The summed E-state index contributed by atoms with van der Waals surface area (Å²) in [7, 11) is 1.72. The number of ether oxygens (including phenoxy) is 2. The fourth-order valence-corrected chi connectivity index (χ4v) is 4.99. The van der Waals surface area contributed by atoms with E-state index >= 15 is 0 Å². The summed E-state index contributed by atoms with van der Waals surface area (Å²) in [6, 6.07) is 8.45. The van der Waals surface area contributed by atoms with Crippen molar-refractivity contribution in [3.05, 3.63) is 46.6 Å². The number of aromatic nitrogens is 1. The molecule has 1 aliphatic carbocycles. The molecule has 3 aliphatic rings. The van der Waals surface area contributed by atoms with Crippen LogP contribution < -0.4 is 26.1 Å². The van der Waals surface area contributed by atoms with Crippen LogP contribution >= 0.6 is 0 Å². The molecule has 1 saturated heterocycles. The van der Waals surface area contributed by atoms with Gasteiger partial charge in [-0.15, -0.1) is 0 Å². The average molecular weight is 366 g/mol. The van der Waals surface area contributed by atoms with Crippen molar-refractivity contribution in [2.75, 3.05) is 12.8 Å². The average Bonchev–Trinajstić information content (AvgIpc) is 3.07. The lowest BCUT2D eigenvalue weighted by molar-refractivity contribution is 0.0961. The van der Waals surface area contributed by atoms with Gasteiger partial charge in [0.25, 0.3) is 0 Å². The van der Waals surface area contributed by atoms with E-state index in [4.69, 9.17) is 20.2 Å². The number of nitrogens with zero attached hydrogens (tertiary/aromatic N) is 1. The topological polar surface area (TPSA) is 81.4 Å². The van der Waals surface area contributed by atoms with Gasteiger partial charge < -0.3 is 15.2 Å². The van der Waals surface area contributed by atoms with Crippen molar-refractivity contribution in [2.45, 2.75) is 50.8 Å². The third kappa shape index (κ3) is 2.51. The number of fused-ring (bicyclic) bond motifs is 3. The highest BCUT2D eigenvalue weighted by atomic mass is 16.5. The molecule has 4 N–H and O–H groups in total. The van der Waals surface area contributed by atoms with E-state index in [0.29, 0.717) is 5.88 Å². The lowest BCUT2D eigenvalue weighted by atomic mass is 9.74. The maximum Gasteiger partial charge on any atom is 0.221 e. The molecule has 0 saturated carbocycles. The predicted octanol–water partition coefficient (Wildman–Crippen LogP) is 2.51. The molecule has 0 amide bonds. The zero-order valence-electron chi connectivity index (χ0n) is 15.8. The number of hydrazine groups is 1. The summed E-state index contributed by atoms with van der Waals surface area (Å²) in [5.74, 6) is 1.81. The Hall–Kier alpha value is -2.31. The molecular weight excluding hydrogens is 340 g/mol. The standard InChI is InChI=1S/C21H26N4O2/c1-11-16-17(13-8-4-6-10-15(13)26-2)18-19(22)12-7-3-5-9-14(12)23-20(18)27-21(16)25-24-11/h4,6,8,10-11,16-17,21,24-25H,3,5,7,9H2,1-2H3,(H2,22,23). The molecule has 0 bridgehead atoms. The van der Waals surface area contributed by atoms with E-state index in [1.54, 1.807) is 7.11 Å². The first kappa shape index (κ1) is 16.8. The van der Waals surface area contributed by atoms with Gasteiger partial charge in [0.15, 0.2) is 6.23 Å². The van der Waals surface area contributed by atoms with Gasteiger partial charge in [-0.25, -0.2) is 10.4 Å². The minimum Gasteiger partial charge on any atom is -0.496 e. The van der Waals surface area contributed by atoms with E-state index in [-0.39, 0.29) is 24.1 Å². The molecule has 2 aromatic rings. The summed E-state index contributed by atoms with van der Waals surface area (Å²) in [5, 5.41) is 0. The van der Waals surface area contributed by atoms with E-state index in [2.05, 4.69) is 29.9 Å². The van der Waals surface area contributed by atoms with Crippen molar-refractivity contribution < 1.29 is 9.47 Å². The molecule has 6 heteroatoms. The van der Waals surface area contributed by atoms with Gasteiger partial charge in [-0.3, -0.25) is 5.43 Å². The summed E-state index contributed by atoms with van der Waals surface area (Å²) < 4.78 is 12.0. The number of aryl methyl sites for hydroxylation is 1. The van der Waals surface area contributed by atoms with Gasteiger partial charge in [0, 0.05) is 40.4 Å². The Labute approximate surface area is 159 Å². The molecule has 3 heterocycles. The van der Waals surface area contributed by atoms with Crippen LogP contribution in [0.3, 0.4) is 0 Å². The van der Waals surface area contributed by atoms with Gasteiger partial charge in [-0.1, -0.05) is 18.2 Å². The molecule has 1 aromatic heterocycles. The molecule has 142 valence electrons. The zero-order chi connectivity index (χ0) is 18.5. The number of nitrogens with one attached hydrogen (secondary N) is 2. The van der Waals surface area contributed by atoms with E-state index in [1.165, 1.54) is 12.0 Å². The quantitative estimate of drug-likeness (QED) is 0.758. The van der Waals surface area contributed by atoms with Crippen LogP contribution in [-0.4, -0.2) is 24.4 Å². The van der Waals surface area contributed by atoms with Gasteiger partial charge in [-0.2, -0.15) is 0 Å². The molecule has 6 nitrogen and oxygen atoms in total. The van der Waals surface area contributed by atoms with Crippen molar-refractivity contribution in [2.24, 2.45) is 5.92 Å². The number of methoxy groups -OCH3 is 1. The summed E-state index contributed by atoms with van der Waals surface area (Å²) >= 11 is 0. The number of para-hydroxylation sites is 1. The van der Waals surface area contributed by atoms with Crippen LogP contribution in [-0.2, 0) is 12.8 Å². The van der Waals surface area contributed by atoms with Crippen LogP contribution in [0.2, 0.25) is 0 Å². The molecule has 4 unspecified atom stereocenters. The Kier molecular flexibility index (Phi) is 3.98. The van der Waals surface area contributed by atoms with E-state index < -0.39 is 0 Å². The second kappa shape index (κ2) is 6.39. The SMILES string of the molecule is COc1ccccc1C1c2c(nc3c(c2N)CCCC3)OC2NNC(C)C21. The van der Waals surface area contributed by atoms with Gasteiger partial charge in [-0.05, 0) is 44.2 Å². The van der Waals surface area contributed by atoms with E-state index in [1.807, 2.05) is 12.1 Å². The highest BCUT2D eigenvalue weighted by molar-refractivity contribution is 5.65. The van der Waals surface area contributed by atoms with Gasteiger partial charge >= 0.3 is 0 Å². The summed E-state index contributed by atoms with van der Waals surface area (Å²) in [6.45, 7) is 2.18. The molecule has 5 rings (SSSR count). The molecular formula is C21H26N4O2. The van der Waals surface area contributed by atoms with Crippen molar-refractivity contribution in [1.82, 2.24) is 15.8 Å². The smallest absolute Gasteiger partial charge is 0.221 e. The van der Waals surface area contributed by atoms with Gasteiger partial charge in [0.2, 0.25) is 5.88 Å². The van der Waals surface area contributed by atoms with E-state index in [0.717, 1.165) is 47.5 Å². The maximum absolute atomic E-state index is 6.77. The summed E-state index contributed by atoms with van der Waals surface area (Å²) in [5.41, 5.74) is 18.8. The van der Waals surface area contributed by atoms with Crippen LogP contribution in [0.25, 0.3) is 0 Å². The molecule has 0 radical (unpaired) electrons. The minimum absolute atomic E-state index is 0.0622. The number of hydrogen-bond acceptors (Lipinski definition) is 6. The molecule has 4 atom stereocenters. The van der Waals surface area contributed by atoms with Crippen LogP contribution in [0, 0.1) is 5.92 Å². The van der Waals surface area contributed by atoms with Crippen LogP contribution in [0.15, 0.2) is 24.3 Å². The highest BCUT2D eigenvalue weighted by Gasteiger charge is 2.48. The summed E-state index contributed by atoms with van der Waals surface area (Å²) in [6.07, 6.45) is 4.17. The molecule has 0 spiro atoms. The number of benzene rings is 1. The Morgan fingerprint density at radius 3 is 2.85 bits per heavy atom. The van der Waals surface area contributed by atoms with Crippen LogP contribution in [0.1, 0.15) is 48.1 Å². The summed E-state index contributed by atoms with van der Waals surface area (Å²) in [4.78, 5) is 4.92. The Morgan fingerprint density at radius 2 is 2.00 bits per heavy atom. The number of anilines is 1. The number of nitrogen functional groups attached to an aromatic ring is 1. The minimum atomic E-state index is -0.143. The number of nitrogens with two attached hydrogens (primary N) is 1. The zero-order valence-corrected chi connectivity index (χ0v) is 15.8. The lowest BCUT2D eigenvalue weighted by Crippen LogP contribution is -2.42. The number of rotatable bonds is 2. The van der Waals surface area contributed by atoms with Crippen molar-refractivity contribution in [3.63, 3.8) is 0 Å². The second-order valence-electron chi connectivity index (χ2n) is 7.79. The van der Waals surface area contributed by atoms with Crippen molar-refractivity contribution in [3.8, 4) is 11.6 Å². The van der Waals surface area contributed by atoms with Crippen LogP contribution in [0.5, 0.6) is 11.6 Å².